The number of ether oxygens (including phenoxy) is 1. The number of benzene rings is 1. The van der Waals surface area contributed by atoms with Crippen LogP contribution in [0.2, 0.25) is 0 Å². The molecule has 200 valence electrons. The van der Waals surface area contributed by atoms with E-state index in [1.807, 2.05) is 10.6 Å². The lowest BCUT2D eigenvalue weighted by Gasteiger charge is -2.42. The Morgan fingerprint density at radius 3 is 2.68 bits per heavy atom. The van der Waals surface area contributed by atoms with E-state index in [4.69, 9.17) is 10.2 Å². The van der Waals surface area contributed by atoms with Gasteiger partial charge in [-0.15, -0.1) is 0 Å². The van der Waals surface area contributed by atoms with Gasteiger partial charge < -0.3 is 24.6 Å². The van der Waals surface area contributed by atoms with E-state index in [0.717, 1.165) is 12.1 Å². The largest absolute Gasteiger partial charge is 0.502 e. The number of nitrogens with zero attached hydrogens (tertiary/aromatic N) is 2. The quantitative estimate of drug-likeness (QED) is 0.461. The Hall–Kier alpha value is -3.99. The average molecular weight is 528 g/mol. The molecule has 0 saturated carbocycles. The summed E-state index contributed by atoms with van der Waals surface area (Å²) in [6.07, 6.45) is 0.625. The smallest absolute Gasteiger partial charge is 0.387 e. The van der Waals surface area contributed by atoms with Gasteiger partial charge in [-0.2, -0.15) is 8.78 Å². The molecule has 2 aliphatic heterocycles. The molecule has 0 spiro atoms. The Labute approximate surface area is 216 Å². The summed E-state index contributed by atoms with van der Waals surface area (Å²) in [6.45, 7) is -0.828. The van der Waals surface area contributed by atoms with Crippen molar-refractivity contribution in [2.75, 3.05) is 13.1 Å². The Morgan fingerprint density at radius 1 is 1.13 bits per heavy atom. The van der Waals surface area contributed by atoms with Crippen LogP contribution in [-0.2, 0) is 17.9 Å². The van der Waals surface area contributed by atoms with E-state index in [-0.39, 0.29) is 47.6 Å². The normalized spacial score (nSPS) is 19.7. The van der Waals surface area contributed by atoms with Crippen molar-refractivity contribution in [3.05, 3.63) is 91.9 Å². The highest BCUT2D eigenvalue weighted by Gasteiger charge is 2.35. The zero-order valence-corrected chi connectivity index (χ0v) is 20.4. The second-order valence-electron chi connectivity index (χ2n) is 9.86. The van der Waals surface area contributed by atoms with Gasteiger partial charge in [0.15, 0.2) is 5.76 Å². The first kappa shape index (κ1) is 25.7. The van der Waals surface area contributed by atoms with E-state index < -0.39 is 29.6 Å². The fourth-order valence-corrected chi connectivity index (χ4v) is 5.68. The molecular weight excluding hydrogens is 500 g/mol. The molecule has 4 heterocycles. The van der Waals surface area contributed by atoms with E-state index in [9.17, 15) is 28.3 Å². The molecule has 3 aromatic rings. The molecule has 9 nitrogen and oxygen atoms in total. The van der Waals surface area contributed by atoms with Crippen LogP contribution < -0.4 is 21.5 Å². The summed E-state index contributed by atoms with van der Waals surface area (Å²) in [4.78, 5) is 39.1. The van der Waals surface area contributed by atoms with E-state index in [1.54, 1.807) is 18.2 Å². The summed E-state index contributed by atoms with van der Waals surface area (Å²) in [5.74, 6) is -2.04. The summed E-state index contributed by atoms with van der Waals surface area (Å²) in [5.41, 5.74) is 6.04. The molecule has 3 N–H and O–H groups in total. The minimum Gasteiger partial charge on any atom is -0.502 e. The molecule has 2 aromatic heterocycles. The van der Waals surface area contributed by atoms with Gasteiger partial charge in [-0.05, 0) is 36.1 Å². The molecule has 0 aliphatic carbocycles. The number of aromatic nitrogens is 1. The number of alkyl halides is 2. The van der Waals surface area contributed by atoms with Gasteiger partial charge in [0, 0.05) is 49.8 Å². The predicted molar refractivity (Wildman–Crippen MR) is 132 cm³/mol. The number of primary amides is 1. The van der Waals surface area contributed by atoms with Crippen LogP contribution in [-0.4, -0.2) is 40.2 Å². The highest BCUT2D eigenvalue weighted by Crippen LogP contribution is 2.37. The van der Waals surface area contributed by atoms with Crippen LogP contribution in [0.5, 0.6) is 11.5 Å². The van der Waals surface area contributed by atoms with E-state index in [0.29, 0.717) is 25.2 Å². The number of rotatable bonds is 8. The van der Waals surface area contributed by atoms with Gasteiger partial charge >= 0.3 is 6.61 Å². The van der Waals surface area contributed by atoms with Crippen LogP contribution >= 0.6 is 0 Å². The molecule has 3 atom stereocenters. The summed E-state index contributed by atoms with van der Waals surface area (Å²) in [7, 11) is 0. The Morgan fingerprint density at radius 2 is 1.92 bits per heavy atom. The zero-order valence-electron chi connectivity index (χ0n) is 20.4. The second-order valence-corrected chi connectivity index (χ2v) is 9.86. The third kappa shape index (κ3) is 5.33. The molecule has 11 heteroatoms. The van der Waals surface area contributed by atoms with Gasteiger partial charge in [0.1, 0.15) is 11.5 Å². The fraction of sp³-hybridized carbons (Fsp3) is 0.370. The van der Waals surface area contributed by atoms with Gasteiger partial charge in [-0.1, -0.05) is 18.2 Å². The molecule has 0 unspecified atom stereocenters. The van der Waals surface area contributed by atoms with Crippen molar-refractivity contribution in [2.45, 2.75) is 44.4 Å². The highest BCUT2D eigenvalue weighted by molar-refractivity contribution is 5.75. The standard InChI is InChI=1S/C27H27F2N3O6/c28-27(29)38-18-4-1-3-16(8-18)20(10-23(30)34)26-25(36)22(33)9-19(37-26)14-31-11-15-7-17(13-31)21-5-2-6-24(35)32(21)12-15/h1-6,8-9,15,17,20,27,36H,7,10-14H2,(H2,30,34)/t15-,17+,20+/m1/s1. The first-order valence-electron chi connectivity index (χ1n) is 12.3. The third-order valence-corrected chi connectivity index (χ3v) is 7.14. The summed E-state index contributed by atoms with van der Waals surface area (Å²) >= 11 is 0. The number of likely N-dealkylation sites (tertiary alicyclic amines) is 1. The number of carbonyl (C=O) groups excluding carboxylic acids is 1. The van der Waals surface area contributed by atoms with Crippen molar-refractivity contribution in [1.82, 2.24) is 9.47 Å². The number of hydrogen-bond acceptors (Lipinski definition) is 7. The number of nitrogens with two attached hydrogens (primary N) is 1. The molecular formula is C27H27F2N3O6. The Balaban J connectivity index is 1.44. The van der Waals surface area contributed by atoms with Crippen LogP contribution in [0.1, 0.15) is 47.5 Å². The highest BCUT2D eigenvalue weighted by atomic mass is 19.3. The number of amides is 1. The van der Waals surface area contributed by atoms with Gasteiger partial charge in [0.2, 0.25) is 17.1 Å². The van der Waals surface area contributed by atoms with Crippen molar-refractivity contribution in [1.29, 1.82) is 0 Å². The maximum atomic E-state index is 12.7. The van der Waals surface area contributed by atoms with E-state index in [2.05, 4.69) is 9.64 Å². The van der Waals surface area contributed by atoms with Gasteiger partial charge in [-0.3, -0.25) is 19.3 Å². The van der Waals surface area contributed by atoms with Gasteiger partial charge in [0.05, 0.1) is 12.5 Å². The van der Waals surface area contributed by atoms with E-state index >= 15 is 0 Å². The number of hydrogen-bond donors (Lipinski definition) is 2. The molecule has 1 saturated heterocycles. The first-order chi connectivity index (χ1) is 18.2. The van der Waals surface area contributed by atoms with Crippen LogP contribution in [0.4, 0.5) is 8.78 Å². The number of halogens is 2. The first-order valence-corrected chi connectivity index (χ1v) is 12.3. The van der Waals surface area contributed by atoms with Crippen molar-refractivity contribution in [3.8, 4) is 11.5 Å². The van der Waals surface area contributed by atoms with Crippen molar-refractivity contribution in [2.24, 2.45) is 11.7 Å². The maximum absolute atomic E-state index is 12.7. The van der Waals surface area contributed by atoms with Crippen LogP contribution in [0, 0.1) is 5.92 Å². The lowest BCUT2D eigenvalue weighted by molar-refractivity contribution is -0.118. The minimum absolute atomic E-state index is 0.0108. The summed E-state index contributed by atoms with van der Waals surface area (Å²) in [5, 5.41) is 10.6. The van der Waals surface area contributed by atoms with Crippen LogP contribution in [0.25, 0.3) is 0 Å². The topological polar surface area (TPSA) is 128 Å². The Bertz CT molecular complexity index is 1470. The lowest BCUT2D eigenvalue weighted by atomic mass is 9.83. The zero-order chi connectivity index (χ0) is 27.0. The molecule has 5 rings (SSSR count). The van der Waals surface area contributed by atoms with Crippen molar-refractivity contribution >= 4 is 5.91 Å². The summed E-state index contributed by atoms with van der Waals surface area (Å²) in [6, 6.07) is 12.1. The number of carbonyl (C=O) groups is 1. The predicted octanol–water partition coefficient (Wildman–Crippen LogP) is 2.74. The lowest BCUT2D eigenvalue weighted by Crippen LogP contribution is -2.46. The number of aromatic hydroxyl groups is 1. The number of piperidine rings is 1. The molecule has 1 aromatic carbocycles. The third-order valence-electron chi connectivity index (χ3n) is 7.14. The molecule has 38 heavy (non-hydrogen) atoms. The molecule has 0 radical (unpaired) electrons. The maximum Gasteiger partial charge on any atom is 0.387 e. The Kier molecular flexibility index (Phi) is 7.02. The minimum atomic E-state index is -3.05. The molecule has 1 fully saturated rings. The number of fused-ring (bicyclic) bond motifs is 4. The van der Waals surface area contributed by atoms with Gasteiger partial charge in [-0.25, -0.2) is 0 Å². The fourth-order valence-electron chi connectivity index (χ4n) is 5.68. The van der Waals surface area contributed by atoms with Gasteiger partial charge in [0.25, 0.3) is 5.56 Å². The average Bonchev–Trinajstić information content (AvgIpc) is 2.85. The van der Waals surface area contributed by atoms with Crippen LogP contribution in [0.15, 0.2) is 62.5 Å². The second kappa shape index (κ2) is 10.4. The molecule has 2 bridgehead atoms. The summed E-state index contributed by atoms with van der Waals surface area (Å²) < 4.78 is 37.8. The molecule has 1 amide bonds. The van der Waals surface area contributed by atoms with E-state index in [1.165, 1.54) is 24.3 Å². The van der Waals surface area contributed by atoms with Crippen molar-refractivity contribution in [3.63, 3.8) is 0 Å². The molecule has 2 aliphatic rings. The number of pyridine rings is 1. The van der Waals surface area contributed by atoms with Crippen LogP contribution in [0.3, 0.4) is 0 Å². The SMILES string of the molecule is NC(=O)C[C@@H](c1cccc(OC(F)F)c1)c1oc(CN2C[C@H]3C[C@@H](C2)c2cccc(=O)n2C3)cc(=O)c1O. The monoisotopic (exact) mass is 527 g/mol. The van der Waals surface area contributed by atoms with Crippen molar-refractivity contribution < 1.29 is 27.8 Å².